The second-order valence-corrected chi connectivity index (χ2v) is 6.65. The Morgan fingerprint density at radius 3 is 2.71 bits per heavy atom. The normalized spacial score (nSPS) is 23.8. The van der Waals surface area contributed by atoms with Gasteiger partial charge in [0.2, 0.25) is 0 Å². The predicted octanol–water partition coefficient (Wildman–Crippen LogP) is 4.16. The van der Waals surface area contributed by atoms with E-state index in [-0.39, 0.29) is 0 Å². The van der Waals surface area contributed by atoms with Crippen molar-refractivity contribution in [3.63, 3.8) is 0 Å². The van der Waals surface area contributed by atoms with Gasteiger partial charge in [-0.3, -0.25) is 0 Å². The fourth-order valence-electron chi connectivity index (χ4n) is 3.19. The van der Waals surface area contributed by atoms with Gasteiger partial charge in [-0.15, -0.1) is 0 Å². The number of aromatic nitrogens is 1. The van der Waals surface area contributed by atoms with Crippen molar-refractivity contribution in [3.05, 3.63) is 23.9 Å². The molecule has 1 N–H and O–H groups in total. The molecule has 1 unspecified atom stereocenters. The second kappa shape index (κ2) is 7.79. The Hall–Kier alpha value is -1.09. The average molecular weight is 289 g/mol. The number of hydrogen-bond acceptors (Lipinski definition) is 3. The van der Waals surface area contributed by atoms with Crippen LogP contribution in [0, 0.1) is 5.92 Å². The molecule has 3 nitrogen and oxygen atoms in total. The Bertz CT molecular complexity index is 424. The molecule has 2 rings (SSSR count). The summed E-state index contributed by atoms with van der Waals surface area (Å²) in [6.45, 7) is 7.87. The van der Waals surface area contributed by atoms with Gasteiger partial charge in [0.1, 0.15) is 5.82 Å². The van der Waals surface area contributed by atoms with Crippen molar-refractivity contribution in [1.29, 1.82) is 0 Å². The van der Waals surface area contributed by atoms with Crippen LogP contribution in [0.1, 0.15) is 64.5 Å². The van der Waals surface area contributed by atoms with Crippen LogP contribution in [-0.2, 0) is 0 Å². The zero-order valence-corrected chi connectivity index (χ0v) is 14.1. The Morgan fingerprint density at radius 2 is 2.05 bits per heavy atom. The maximum Gasteiger partial charge on any atom is 0.128 e. The molecule has 3 heteroatoms. The lowest BCUT2D eigenvalue weighted by atomic mass is 9.87. The predicted molar refractivity (Wildman–Crippen MR) is 90.8 cm³/mol. The van der Waals surface area contributed by atoms with Crippen LogP contribution >= 0.6 is 0 Å². The summed E-state index contributed by atoms with van der Waals surface area (Å²) in [6, 6.07) is 5.44. The molecule has 0 saturated heterocycles. The van der Waals surface area contributed by atoms with Crippen molar-refractivity contribution in [2.45, 2.75) is 65.0 Å². The first kappa shape index (κ1) is 16.3. The first-order valence-corrected chi connectivity index (χ1v) is 8.54. The van der Waals surface area contributed by atoms with Crippen molar-refractivity contribution < 1.29 is 0 Å². The smallest absolute Gasteiger partial charge is 0.128 e. The fourth-order valence-corrected chi connectivity index (χ4v) is 3.19. The maximum absolute atomic E-state index is 4.59. The van der Waals surface area contributed by atoms with Gasteiger partial charge in [-0.05, 0) is 69.2 Å². The largest absolute Gasteiger partial charge is 0.357 e. The van der Waals surface area contributed by atoms with Gasteiger partial charge in [0, 0.05) is 25.3 Å². The number of rotatable bonds is 6. The highest BCUT2D eigenvalue weighted by Gasteiger charge is 2.22. The van der Waals surface area contributed by atoms with E-state index in [1.807, 2.05) is 6.20 Å². The molecule has 0 aromatic carbocycles. The molecule has 1 heterocycles. The third-order valence-electron chi connectivity index (χ3n) is 4.86. The molecule has 0 aliphatic heterocycles. The van der Waals surface area contributed by atoms with E-state index in [0.717, 1.165) is 18.3 Å². The summed E-state index contributed by atoms with van der Waals surface area (Å²) in [6.07, 6.45) is 8.42. The first-order valence-electron chi connectivity index (χ1n) is 8.54. The Kier molecular flexibility index (Phi) is 6.04. The van der Waals surface area contributed by atoms with Crippen LogP contribution in [0.3, 0.4) is 0 Å². The zero-order chi connectivity index (χ0) is 15.2. The summed E-state index contributed by atoms with van der Waals surface area (Å²) in [4.78, 5) is 6.99. The number of hydrogen-bond donors (Lipinski definition) is 1. The van der Waals surface area contributed by atoms with Gasteiger partial charge in [0.25, 0.3) is 0 Å². The van der Waals surface area contributed by atoms with E-state index in [9.17, 15) is 0 Å². The monoisotopic (exact) mass is 289 g/mol. The third-order valence-corrected chi connectivity index (χ3v) is 4.86. The maximum atomic E-state index is 4.59. The number of pyridine rings is 1. The van der Waals surface area contributed by atoms with E-state index in [1.165, 1.54) is 37.7 Å². The number of nitrogens with one attached hydrogen (secondary N) is 1. The SMILES string of the molecule is CCCNC(C)c1ccnc(N(C)C2CCC(C)CC2)c1. The molecule has 1 saturated carbocycles. The highest BCUT2D eigenvalue weighted by molar-refractivity contribution is 5.42. The minimum absolute atomic E-state index is 0.395. The molecule has 1 atom stereocenters. The van der Waals surface area contributed by atoms with Gasteiger partial charge < -0.3 is 10.2 Å². The lowest BCUT2D eigenvalue weighted by Gasteiger charge is -2.34. The standard InChI is InChI=1S/C18H31N3/c1-5-11-19-15(3)16-10-12-20-18(13-16)21(4)17-8-6-14(2)7-9-17/h10,12-15,17,19H,5-9,11H2,1-4H3. The van der Waals surface area contributed by atoms with Crippen molar-refractivity contribution in [1.82, 2.24) is 10.3 Å². The highest BCUT2D eigenvalue weighted by Crippen LogP contribution is 2.29. The van der Waals surface area contributed by atoms with E-state index >= 15 is 0 Å². The summed E-state index contributed by atoms with van der Waals surface area (Å²) in [5.41, 5.74) is 1.34. The molecule has 21 heavy (non-hydrogen) atoms. The Balaban J connectivity index is 2.02. The Morgan fingerprint density at radius 1 is 1.33 bits per heavy atom. The zero-order valence-electron chi connectivity index (χ0n) is 14.1. The van der Waals surface area contributed by atoms with Crippen molar-refractivity contribution >= 4 is 5.82 Å². The number of anilines is 1. The number of nitrogens with zero attached hydrogens (tertiary/aromatic N) is 2. The molecule has 0 amide bonds. The van der Waals surface area contributed by atoms with E-state index in [4.69, 9.17) is 0 Å². The van der Waals surface area contributed by atoms with Crippen LogP contribution in [0.4, 0.5) is 5.82 Å². The minimum Gasteiger partial charge on any atom is -0.357 e. The molecular formula is C18H31N3. The molecule has 0 spiro atoms. The van der Waals surface area contributed by atoms with E-state index in [1.54, 1.807) is 0 Å². The summed E-state index contributed by atoms with van der Waals surface area (Å²) in [5, 5.41) is 3.55. The third kappa shape index (κ3) is 4.44. The van der Waals surface area contributed by atoms with Crippen molar-refractivity contribution in [2.75, 3.05) is 18.5 Å². The summed E-state index contributed by atoms with van der Waals surface area (Å²) < 4.78 is 0. The van der Waals surface area contributed by atoms with Gasteiger partial charge >= 0.3 is 0 Å². The lowest BCUT2D eigenvalue weighted by molar-refractivity contribution is 0.340. The van der Waals surface area contributed by atoms with Crippen LogP contribution < -0.4 is 10.2 Å². The van der Waals surface area contributed by atoms with Gasteiger partial charge in [-0.2, -0.15) is 0 Å². The summed E-state index contributed by atoms with van der Waals surface area (Å²) in [7, 11) is 2.21. The molecule has 1 aromatic rings. The molecule has 1 aliphatic rings. The van der Waals surface area contributed by atoms with Crippen molar-refractivity contribution in [3.8, 4) is 0 Å². The molecule has 1 aliphatic carbocycles. The first-order chi connectivity index (χ1) is 10.1. The van der Waals surface area contributed by atoms with E-state index in [0.29, 0.717) is 12.1 Å². The van der Waals surface area contributed by atoms with Gasteiger partial charge in [-0.1, -0.05) is 13.8 Å². The van der Waals surface area contributed by atoms with E-state index < -0.39 is 0 Å². The second-order valence-electron chi connectivity index (χ2n) is 6.65. The minimum atomic E-state index is 0.395. The van der Waals surface area contributed by atoms with Crippen LogP contribution in [0.2, 0.25) is 0 Å². The van der Waals surface area contributed by atoms with Crippen LogP contribution in [-0.4, -0.2) is 24.6 Å². The lowest BCUT2D eigenvalue weighted by Crippen LogP contribution is -2.35. The molecular weight excluding hydrogens is 258 g/mol. The highest BCUT2D eigenvalue weighted by atomic mass is 15.2. The molecule has 1 fully saturated rings. The van der Waals surface area contributed by atoms with E-state index in [2.05, 4.69) is 55.2 Å². The molecule has 0 radical (unpaired) electrons. The van der Waals surface area contributed by atoms with Gasteiger partial charge in [0.15, 0.2) is 0 Å². The Labute approximate surface area is 130 Å². The van der Waals surface area contributed by atoms with Gasteiger partial charge in [0.05, 0.1) is 0 Å². The fraction of sp³-hybridized carbons (Fsp3) is 0.722. The molecule has 0 bridgehead atoms. The quantitative estimate of drug-likeness (QED) is 0.852. The van der Waals surface area contributed by atoms with Crippen LogP contribution in [0.25, 0.3) is 0 Å². The molecule has 1 aromatic heterocycles. The molecule has 118 valence electrons. The van der Waals surface area contributed by atoms with Crippen molar-refractivity contribution in [2.24, 2.45) is 5.92 Å². The summed E-state index contributed by atoms with van der Waals surface area (Å²) in [5.74, 6) is 2.02. The topological polar surface area (TPSA) is 28.2 Å². The summed E-state index contributed by atoms with van der Waals surface area (Å²) >= 11 is 0. The van der Waals surface area contributed by atoms with Crippen LogP contribution in [0.5, 0.6) is 0 Å². The van der Waals surface area contributed by atoms with Gasteiger partial charge in [-0.25, -0.2) is 4.98 Å². The average Bonchev–Trinajstić information content (AvgIpc) is 2.52. The van der Waals surface area contributed by atoms with Crippen LogP contribution in [0.15, 0.2) is 18.3 Å².